The van der Waals surface area contributed by atoms with Gasteiger partial charge in [-0.3, -0.25) is 18.9 Å². The minimum Gasteiger partial charge on any atom is -0.481 e. The number of rotatable bonds is 10. The van der Waals surface area contributed by atoms with Gasteiger partial charge in [0, 0.05) is 85.4 Å². The SMILES string of the molecule is COc1nc(-c2cccc(-c3cccc(-c4ccn5c(=O)c(CN6CC[C@@H](O)C6)cnc5c4)c3Cl)c2Cl)ccc1CNC[C@@H]1CCC(=O)N1. The summed E-state index contributed by atoms with van der Waals surface area (Å²) in [7, 11) is 1.59. The largest absolute Gasteiger partial charge is 0.481 e. The molecule has 7 rings (SSSR count). The van der Waals surface area contributed by atoms with Crippen LogP contribution in [0.2, 0.25) is 10.0 Å². The number of ether oxygens (including phenoxy) is 1. The molecule has 1 amide bonds. The maximum Gasteiger partial charge on any atom is 0.262 e. The van der Waals surface area contributed by atoms with Crippen LogP contribution in [0.1, 0.15) is 30.4 Å². The third kappa shape index (κ3) is 6.92. The van der Waals surface area contributed by atoms with Crippen molar-refractivity contribution in [3.05, 3.63) is 105 Å². The lowest BCUT2D eigenvalue weighted by Gasteiger charge is -2.16. The normalized spacial score (nSPS) is 17.9. The number of amides is 1. The van der Waals surface area contributed by atoms with Gasteiger partial charge in [0.15, 0.2) is 0 Å². The van der Waals surface area contributed by atoms with Crippen molar-refractivity contribution in [3.63, 3.8) is 0 Å². The Bertz CT molecular complexity index is 2100. The highest BCUT2D eigenvalue weighted by atomic mass is 35.5. The fourth-order valence-corrected chi connectivity index (χ4v) is 7.29. The predicted octanol–water partition coefficient (Wildman–Crippen LogP) is 5.34. The quantitative estimate of drug-likeness (QED) is 0.179. The number of hydrogen-bond donors (Lipinski definition) is 3. The third-order valence-corrected chi connectivity index (χ3v) is 10.0. The number of halogens is 2. The fourth-order valence-electron chi connectivity index (χ4n) is 6.63. The molecule has 2 atom stereocenters. The Hall–Kier alpha value is -4.32. The van der Waals surface area contributed by atoms with Crippen molar-refractivity contribution in [2.24, 2.45) is 0 Å². The fraction of sp³-hybridized carbons (Fsp3) is 0.297. The van der Waals surface area contributed by atoms with Crippen LogP contribution < -0.4 is 20.9 Å². The van der Waals surface area contributed by atoms with Crippen molar-refractivity contribution >= 4 is 34.8 Å². The Morgan fingerprint density at radius 1 is 0.980 bits per heavy atom. The van der Waals surface area contributed by atoms with Crippen molar-refractivity contribution in [2.45, 2.75) is 44.5 Å². The number of methoxy groups -OCH3 is 1. The number of nitrogens with one attached hydrogen (secondary N) is 2. The van der Waals surface area contributed by atoms with Crippen LogP contribution in [0, 0.1) is 0 Å². The van der Waals surface area contributed by atoms with Gasteiger partial charge in [-0.1, -0.05) is 65.7 Å². The van der Waals surface area contributed by atoms with Crippen molar-refractivity contribution in [1.82, 2.24) is 29.9 Å². The Balaban J connectivity index is 1.14. The van der Waals surface area contributed by atoms with Crippen molar-refractivity contribution < 1.29 is 14.6 Å². The molecule has 0 unspecified atom stereocenters. The molecule has 0 radical (unpaired) electrons. The molecule has 2 saturated heterocycles. The van der Waals surface area contributed by atoms with Crippen LogP contribution in [-0.4, -0.2) is 69.2 Å². The number of aliphatic hydroxyl groups is 1. The topological polar surface area (TPSA) is 121 Å². The zero-order valence-electron chi connectivity index (χ0n) is 27.0. The van der Waals surface area contributed by atoms with Gasteiger partial charge < -0.3 is 20.5 Å². The number of carbonyl (C=O) groups excluding carboxylic acids is 1. The van der Waals surface area contributed by atoms with E-state index in [0.717, 1.165) is 46.3 Å². The number of aliphatic hydroxyl groups excluding tert-OH is 1. The van der Waals surface area contributed by atoms with Gasteiger partial charge in [-0.2, -0.15) is 0 Å². The van der Waals surface area contributed by atoms with Gasteiger partial charge in [0.05, 0.1) is 34.5 Å². The van der Waals surface area contributed by atoms with Crippen molar-refractivity contribution in [1.29, 1.82) is 0 Å². The lowest BCUT2D eigenvalue weighted by Crippen LogP contribution is -2.35. The average Bonchev–Trinajstić information content (AvgIpc) is 3.73. The summed E-state index contributed by atoms with van der Waals surface area (Å²) >= 11 is 14.2. The van der Waals surface area contributed by atoms with E-state index in [0.29, 0.717) is 71.9 Å². The van der Waals surface area contributed by atoms with Crippen molar-refractivity contribution in [2.75, 3.05) is 26.7 Å². The number of pyridine rings is 2. The zero-order chi connectivity index (χ0) is 34.1. The molecule has 3 N–H and O–H groups in total. The molecule has 3 aromatic heterocycles. The zero-order valence-corrected chi connectivity index (χ0v) is 28.5. The summed E-state index contributed by atoms with van der Waals surface area (Å²) < 4.78 is 7.18. The van der Waals surface area contributed by atoms with Gasteiger partial charge in [0.25, 0.3) is 5.56 Å². The number of nitrogens with zero attached hydrogens (tertiary/aromatic N) is 4. The Kier molecular flexibility index (Phi) is 9.66. The highest BCUT2D eigenvalue weighted by molar-refractivity contribution is 6.39. The number of carbonyl (C=O) groups is 1. The van der Waals surface area contributed by atoms with Crippen molar-refractivity contribution in [3.8, 4) is 39.4 Å². The van der Waals surface area contributed by atoms with Gasteiger partial charge in [0.1, 0.15) is 5.65 Å². The highest BCUT2D eigenvalue weighted by Crippen LogP contribution is 2.42. The molecule has 5 aromatic rings. The number of aromatic nitrogens is 3. The van der Waals surface area contributed by atoms with Gasteiger partial charge in [-0.25, -0.2) is 9.97 Å². The van der Waals surface area contributed by atoms with Gasteiger partial charge in [-0.15, -0.1) is 0 Å². The molecule has 0 aliphatic carbocycles. The van der Waals surface area contributed by atoms with Crippen LogP contribution in [0.25, 0.3) is 39.2 Å². The third-order valence-electron chi connectivity index (χ3n) is 9.22. The number of benzene rings is 2. The smallest absolute Gasteiger partial charge is 0.262 e. The molecular formula is C37H36Cl2N6O4. The lowest BCUT2D eigenvalue weighted by molar-refractivity contribution is -0.119. The first kappa shape index (κ1) is 33.2. The molecule has 0 bridgehead atoms. The van der Waals surface area contributed by atoms with E-state index >= 15 is 0 Å². The second kappa shape index (κ2) is 14.3. The summed E-state index contributed by atoms with van der Waals surface area (Å²) in [6.07, 6.45) is 5.11. The number of hydrogen-bond acceptors (Lipinski definition) is 8. The molecule has 2 aliphatic rings. The molecule has 2 aromatic carbocycles. The van der Waals surface area contributed by atoms with E-state index in [1.54, 1.807) is 23.9 Å². The molecule has 2 aliphatic heterocycles. The molecule has 49 heavy (non-hydrogen) atoms. The molecule has 10 nitrogen and oxygen atoms in total. The van der Waals surface area contributed by atoms with Crippen LogP contribution >= 0.6 is 23.2 Å². The van der Waals surface area contributed by atoms with Crippen LogP contribution in [-0.2, 0) is 17.9 Å². The summed E-state index contributed by atoms with van der Waals surface area (Å²) in [6.45, 7) is 2.98. The maximum absolute atomic E-state index is 13.3. The number of likely N-dealkylation sites (tertiary alicyclic amines) is 1. The summed E-state index contributed by atoms with van der Waals surface area (Å²) in [5.41, 5.74) is 6.36. The highest BCUT2D eigenvalue weighted by Gasteiger charge is 2.23. The molecule has 12 heteroatoms. The van der Waals surface area contributed by atoms with Gasteiger partial charge in [-0.05, 0) is 36.6 Å². The van der Waals surface area contributed by atoms with Gasteiger partial charge >= 0.3 is 0 Å². The standard InChI is InChI=1S/C37H36Cl2N6O4/c1-49-36-23(17-40-19-25-9-11-33(47)42-25)8-10-31(43-36)30-7-3-6-29(35(30)39)28-5-2-4-27(34(28)38)22-12-15-45-32(16-22)41-18-24(37(45)48)20-44-14-13-26(46)21-44/h2-8,10,12,15-16,18,25-26,40,46H,9,11,13-14,17,19-21H2,1H3,(H,42,47)/t25-,26+/m0/s1. The lowest BCUT2D eigenvalue weighted by atomic mass is 9.97. The Morgan fingerprint density at radius 3 is 2.45 bits per heavy atom. The Morgan fingerprint density at radius 2 is 1.73 bits per heavy atom. The van der Waals surface area contributed by atoms with Gasteiger partial charge in [0.2, 0.25) is 11.8 Å². The van der Waals surface area contributed by atoms with E-state index in [4.69, 9.17) is 32.9 Å². The number of fused-ring (bicyclic) bond motifs is 1. The summed E-state index contributed by atoms with van der Waals surface area (Å²) in [4.78, 5) is 36.2. The minimum atomic E-state index is -0.351. The molecule has 5 heterocycles. The molecule has 0 saturated carbocycles. The van der Waals surface area contributed by atoms with E-state index < -0.39 is 0 Å². The molecule has 0 spiro atoms. The van der Waals surface area contributed by atoms with Crippen LogP contribution in [0.15, 0.2) is 77.9 Å². The molecular weight excluding hydrogens is 663 g/mol. The van der Waals surface area contributed by atoms with Crippen LogP contribution in [0.4, 0.5) is 0 Å². The van der Waals surface area contributed by atoms with E-state index in [9.17, 15) is 14.7 Å². The van der Waals surface area contributed by atoms with E-state index in [2.05, 4.69) is 20.5 Å². The van der Waals surface area contributed by atoms with Crippen LogP contribution in [0.5, 0.6) is 5.88 Å². The van der Waals surface area contributed by atoms with Crippen LogP contribution in [0.3, 0.4) is 0 Å². The minimum absolute atomic E-state index is 0.0944. The molecule has 2 fully saturated rings. The summed E-state index contributed by atoms with van der Waals surface area (Å²) in [5.74, 6) is 0.588. The second-order valence-electron chi connectivity index (χ2n) is 12.5. The summed E-state index contributed by atoms with van der Waals surface area (Å²) in [5, 5.41) is 17.2. The first-order chi connectivity index (χ1) is 23.8. The first-order valence-corrected chi connectivity index (χ1v) is 17.1. The van der Waals surface area contributed by atoms with E-state index in [-0.39, 0.29) is 23.6 Å². The first-order valence-electron chi connectivity index (χ1n) is 16.3. The second-order valence-corrected chi connectivity index (χ2v) is 13.3. The van der Waals surface area contributed by atoms with E-state index in [1.165, 1.54) is 0 Å². The Labute approximate surface area is 293 Å². The predicted molar refractivity (Wildman–Crippen MR) is 191 cm³/mol. The molecule has 252 valence electrons. The van der Waals surface area contributed by atoms with E-state index in [1.807, 2.05) is 60.7 Å². The number of β-amino-alcohol motifs (C(OH)–C–C–N with tert-alkyl or cyclic N) is 1. The summed E-state index contributed by atoms with van der Waals surface area (Å²) in [6, 6.07) is 19.3. The monoisotopic (exact) mass is 698 g/mol. The average molecular weight is 700 g/mol. The maximum atomic E-state index is 13.3.